The lowest BCUT2D eigenvalue weighted by Gasteiger charge is -2.15. The van der Waals surface area contributed by atoms with E-state index in [1.165, 1.54) is 54.6 Å². The third kappa shape index (κ3) is 5.15. The molecule has 3 aromatic carbocycles. The van der Waals surface area contributed by atoms with Crippen LogP contribution in [0.15, 0.2) is 60.7 Å². The molecule has 0 bridgehead atoms. The molecule has 1 saturated heterocycles. The Morgan fingerprint density at radius 1 is 1.14 bits per heavy atom. The van der Waals surface area contributed by atoms with Crippen LogP contribution >= 0.6 is 11.3 Å². The van der Waals surface area contributed by atoms with Crippen molar-refractivity contribution >= 4 is 27.2 Å². The van der Waals surface area contributed by atoms with Crippen molar-refractivity contribution in [3.63, 3.8) is 0 Å². The maximum Gasteiger partial charge on any atom is 0.207 e. The molecule has 0 amide bonds. The van der Waals surface area contributed by atoms with Gasteiger partial charge in [-0.3, -0.25) is 4.79 Å². The number of fused-ring (bicyclic) bond motifs is 1. The summed E-state index contributed by atoms with van der Waals surface area (Å²) in [6, 6.07) is 17.3. The van der Waals surface area contributed by atoms with Gasteiger partial charge in [-0.1, -0.05) is 26.0 Å². The van der Waals surface area contributed by atoms with E-state index in [-0.39, 0.29) is 17.3 Å². The van der Waals surface area contributed by atoms with E-state index < -0.39 is 0 Å². The molecule has 186 valence electrons. The van der Waals surface area contributed by atoms with E-state index >= 15 is 0 Å². The van der Waals surface area contributed by atoms with E-state index in [9.17, 15) is 14.3 Å². The second-order valence-electron chi connectivity index (χ2n) is 9.62. The molecule has 1 aromatic heterocycles. The Hall–Kier alpha value is -3.22. The largest absolute Gasteiger partial charge is 0.508 e. The summed E-state index contributed by atoms with van der Waals surface area (Å²) in [5, 5.41) is 10.8. The minimum atomic E-state index is -0.361. The lowest BCUT2D eigenvalue weighted by Crippen LogP contribution is -2.22. The van der Waals surface area contributed by atoms with Gasteiger partial charge in [-0.15, -0.1) is 11.3 Å². The van der Waals surface area contributed by atoms with Crippen LogP contribution in [0.1, 0.15) is 46.6 Å². The molecule has 4 aromatic rings. The van der Waals surface area contributed by atoms with Crippen LogP contribution < -0.4 is 4.74 Å². The van der Waals surface area contributed by atoms with Gasteiger partial charge in [-0.2, -0.15) is 0 Å². The minimum absolute atomic E-state index is 0.127. The number of likely N-dealkylation sites (tertiary alicyclic amines) is 1. The normalized spacial score (nSPS) is 16.0. The highest BCUT2D eigenvalue weighted by molar-refractivity contribution is 7.21. The summed E-state index contributed by atoms with van der Waals surface area (Å²) in [6.07, 6.45) is 2.80. The number of rotatable bonds is 8. The number of benzene rings is 3. The van der Waals surface area contributed by atoms with E-state index in [2.05, 4.69) is 24.0 Å². The fraction of sp³-hybridized carbons (Fsp3) is 0.300. The number of thiophene rings is 1. The van der Waals surface area contributed by atoms with Crippen LogP contribution in [0.25, 0.3) is 10.1 Å². The van der Waals surface area contributed by atoms with Crippen molar-refractivity contribution in [1.82, 2.24) is 4.90 Å². The van der Waals surface area contributed by atoms with Gasteiger partial charge in [-0.05, 0) is 91.4 Å². The van der Waals surface area contributed by atoms with Crippen LogP contribution in [0.4, 0.5) is 4.39 Å². The maximum absolute atomic E-state index is 13.8. The first kappa shape index (κ1) is 24.5. The summed E-state index contributed by atoms with van der Waals surface area (Å²) in [7, 11) is 0. The number of hydrogen-bond donors (Lipinski definition) is 1. The number of phenols is 1. The fourth-order valence-electron chi connectivity index (χ4n) is 4.87. The number of aromatic hydroxyl groups is 1. The van der Waals surface area contributed by atoms with Crippen molar-refractivity contribution in [1.29, 1.82) is 0 Å². The van der Waals surface area contributed by atoms with Crippen molar-refractivity contribution in [3.05, 3.63) is 88.0 Å². The standard InChI is InChI=1S/C30H30FNO3S/c1-3-21-16-22(31)6-10-25(21)28(34)30-29(26-11-7-23(33)17-27(26)36-30)35-24-8-4-20(5-9-24)13-15-32-14-12-19(2)18-32/h4-11,16-17,19,33H,3,12-15,18H2,1-2H3. The number of phenolic OH excluding ortho intramolecular Hbond substituents is 1. The van der Waals surface area contributed by atoms with Gasteiger partial charge >= 0.3 is 0 Å². The molecule has 6 heteroatoms. The summed E-state index contributed by atoms with van der Waals surface area (Å²) in [4.78, 5) is 16.6. The van der Waals surface area contributed by atoms with Gasteiger partial charge in [0.15, 0.2) is 5.75 Å². The average molecular weight is 504 g/mol. The van der Waals surface area contributed by atoms with E-state index in [1.54, 1.807) is 18.2 Å². The summed E-state index contributed by atoms with van der Waals surface area (Å²) in [6.45, 7) is 7.61. The smallest absolute Gasteiger partial charge is 0.207 e. The van der Waals surface area contributed by atoms with E-state index in [4.69, 9.17) is 4.74 Å². The topological polar surface area (TPSA) is 49.8 Å². The van der Waals surface area contributed by atoms with Gasteiger partial charge in [0.2, 0.25) is 5.78 Å². The molecule has 2 heterocycles. The predicted octanol–water partition coefficient (Wildman–Crippen LogP) is 7.22. The van der Waals surface area contributed by atoms with Crippen LogP contribution in [0.5, 0.6) is 17.2 Å². The molecule has 0 saturated carbocycles. The third-order valence-corrected chi connectivity index (χ3v) is 8.03. The highest BCUT2D eigenvalue weighted by Crippen LogP contribution is 2.43. The summed E-state index contributed by atoms with van der Waals surface area (Å²) in [5.41, 5.74) is 2.37. The van der Waals surface area contributed by atoms with Gasteiger partial charge in [0.1, 0.15) is 22.2 Å². The number of carbonyl (C=O) groups is 1. The lowest BCUT2D eigenvalue weighted by molar-refractivity contribution is 0.104. The summed E-state index contributed by atoms with van der Waals surface area (Å²) < 4.78 is 20.9. The molecule has 0 radical (unpaired) electrons. The zero-order valence-corrected chi connectivity index (χ0v) is 21.4. The van der Waals surface area contributed by atoms with Crippen molar-refractivity contribution in [2.75, 3.05) is 19.6 Å². The molecule has 1 N–H and O–H groups in total. The number of nitrogens with zero attached hydrogens (tertiary/aromatic N) is 1. The van der Waals surface area contributed by atoms with E-state index in [0.29, 0.717) is 33.9 Å². The zero-order valence-electron chi connectivity index (χ0n) is 20.6. The molecule has 0 aliphatic carbocycles. The second-order valence-corrected chi connectivity index (χ2v) is 10.7. The summed E-state index contributed by atoms with van der Waals surface area (Å²) in [5.74, 6) is 1.44. The molecule has 1 aliphatic rings. The first-order valence-electron chi connectivity index (χ1n) is 12.5. The van der Waals surface area contributed by atoms with Crippen molar-refractivity contribution < 1.29 is 19.0 Å². The molecule has 4 nitrogen and oxygen atoms in total. The number of halogens is 1. The fourth-order valence-corrected chi connectivity index (χ4v) is 5.99. The zero-order chi connectivity index (χ0) is 25.2. The van der Waals surface area contributed by atoms with Crippen LogP contribution in [0, 0.1) is 11.7 Å². The molecule has 36 heavy (non-hydrogen) atoms. The number of aryl methyl sites for hydroxylation is 1. The molecular weight excluding hydrogens is 473 g/mol. The highest BCUT2D eigenvalue weighted by Gasteiger charge is 2.24. The quantitative estimate of drug-likeness (QED) is 0.258. The Morgan fingerprint density at radius 3 is 2.67 bits per heavy atom. The van der Waals surface area contributed by atoms with Crippen molar-refractivity contribution in [3.8, 4) is 17.2 Å². The van der Waals surface area contributed by atoms with Crippen molar-refractivity contribution in [2.24, 2.45) is 5.92 Å². The summed E-state index contributed by atoms with van der Waals surface area (Å²) >= 11 is 1.28. The Bertz CT molecular complexity index is 1400. The van der Waals surface area contributed by atoms with Gasteiger partial charge in [0.05, 0.1) is 0 Å². The number of ether oxygens (including phenoxy) is 1. The Balaban J connectivity index is 1.43. The van der Waals surface area contributed by atoms with Crippen LogP contribution in [-0.2, 0) is 12.8 Å². The predicted molar refractivity (Wildman–Crippen MR) is 143 cm³/mol. The van der Waals surface area contributed by atoms with Crippen LogP contribution in [0.2, 0.25) is 0 Å². The van der Waals surface area contributed by atoms with Crippen LogP contribution in [-0.4, -0.2) is 35.4 Å². The average Bonchev–Trinajstić information content (AvgIpc) is 3.45. The third-order valence-electron chi connectivity index (χ3n) is 6.90. The van der Waals surface area contributed by atoms with E-state index in [0.717, 1.165) is 29.0 Å². The minimum Gasteiger partial charge on any atom is -0.508 e. The van der Waals surface area contributed by atoms with E-state index in [1.807, 2.05) is 19.1 Å². The van der Waals surface area contributed by atoms with Crippen molar-refractivity contribution in [2.45, 2.75) is 33.1 Å². The lowest BCUT2D eigenvalue weighted by atomic mass is 10.00. The van der Waals surface area contributed by atoms with Gasteiger partial charge in [0.25, 0.3) is 0 Å². The van der Waals surface area contributed by atoms with Crippen LogP contribution in [0.3, 0.4) is 0 Å². The highest BCUT2D eigenvalue weighted by atomic mass is 32.1. The SMILES string of the molecule is CCc1cc(F)ccc1C(=O)c1sc2cc(O)ccc2c1Oc1ccc(CCN2CCC(C)C2)cc1. The first-order valence-corrected chi connectivity index (χ1v) is 13.3. The molecule has 1 atom stereocenters. The Morgan fingerprint density at radius 2 is 1.94 bits per heavy atom. The Kier molecular flexibility index (Phi) is 7.08. The molecule has 1 fully saturated rings. The van der Waals surface area contributed by atoms with Gasteiger partial charge < -0.3 is 14.7 Å². The number of carbonyl (C=O) groups excluding carboxylic acids is 1. The van der Waals surface area contributed by atoms with Gasteiger partial charge in [0, 0.05) is 28.7 Å². The Labute approximate surface area is 215 Å². The monoisotopic (exact) mass is 503 g/mol. The number of hydrogen-bond acceptors (Lipinski definition) is 5. The molecule has 5 rings (SSSR count). The first-order chi connectivity index (χ1) is 17.4. The van der Waals surface area contributed by atoms with Gasteiger partial charge in [-0.25, -0.2) is 4.39 Å². The molecule has 0 spiro atoms. The number of ketones is 1. The molecule has 1 unspecified atom stereocenters. The molecule has 1 aliphatic heterocycles. The molecular formula is C30H30FNO3S. The second kappa shape index (κ2) is 10.4. The maximum atomic E-state index is 13.8.